The fourth-order valence-corrected chi connectivity index (χ4v) is 1.91. The molecule has 2 N–H and O–H groups in total. The third-order valence-electron chi connectivity index (χ3n) is 2.65. The molecule has 0 spiro atoms. The maximum absolute atomic E-state index is 5.65. The molecule has 0 aromatic heterocycles. The smallest absolute Gasteiger partial charge is 0.127 e. The summed E-state index contributed by atoms with van der Waals surface area (Å²) in [5.74, 6) is 0.913. The van der Waals surface area contributed by atoms with Crippen LogP contribution in [0.4, 0.5) is 0 Å². The van der Waals surface area contributed by atoms with E-state index >= 15 is 0 Å². The number of benzene rings is 2. The van der Waals surface area contributed by atoms with Gasteiger partial charge in [0.2, 0.25) is 0 Å². The molecule has 0 fully saturated rings. The molecule has 17 heavy (non-hydrogen) atoms. The predicted octanol–water partition coefficient (Wildman–Crippen LogP) is 3.21. The number of hydrogen-bond donors (Lipinski definition) is 1. The zero-order valence-corrected chi connectivity index (χ0v) is 10.0. The molecule has 0 saturated carbocycles. The zero-order chi connectivity index (χ0) is 12.1. The van der Waals surface area contributed by atoms with E-state index in [-0.39, 0.29) is 0 Å². The molecule has 0 aliphatic carbocycles. The first-order valence-electron chi connectivity index (χ1n) is 5.88. The number of ether oxygens (including phenoxy) is 1. The third kappa shape index (κ3) is 2.48. The molecule has 2 aromatic carbocycles. The van der Waals surface area contributed by atoms with Crippen molar-refractivity contribution < 1.29 is 4.74 Å². The fourth-order valence-electron chi connectivity index (χ4n) is 1.91. The highest BCUT2D eigenvalue weighted by molar-refractivity contribution is 5.93. The molecule has 0 atom stereocenters. The van der Waals surface area contributed by atoms with Crippen LogP contribution in [0.25, 0.3) is 16.8 Å². The average molecular weight is 227 g/mol. The second kappa shape index (κ2) is 5.51. The highest BCUT2D eigenvalue weighted by Crippen LogP contribution is 2.29. The largest absolute Gasteiger partial charge is 0.493 e. The van der Waals surface area contributed by atoms with Gasteiger partial charge in [0, 0.05) is 12.1 Å². The Balaban J connectivity index is 2.61. The Morgan fingerprint density at radius 3 is 2.76 bits per heavy atom. The molecule has 2 nitrogen and oxygen atoms in total. The van der Waals surface area contributed by atoms with Gasteiger partial charge in [0.15, 0.2) is 0 Å². The van der Waals surface area contributed by atoms with Crippen LogP contribution < -0.4 is 10.5 Å². The van der Waals surface area contributed by atoms with Gasteiger partial charge in [0.25, 0.3) is 0 Å². The standard InChI is InChI=1S/C15H17NO/c1-2-17-15-10-9-12-6-3-4-7-13(12)14(15)8-5-11-16/h3-10H,2,11,16H2,1H3. The van der Waals surface area contributed by atoms with Gasteiger partial charge >= 0.3 is 0 Å². The van der Waals surface area contributed by atoms with Crippen LogP contribution in [0.5, 0.6) is 5.75 Å². The summed E-state index contributed by atoms with van der Waals surface area (Å²) in [5, 5.41) is 2.41. The summed E-state index contributed by atoms with van der Waals surface area (Å²) in [6.07, 6.45) is 3.98. The van der Waals surface area contributed by atoms with Crippen LogP contribution >= 0.6 is 0 Å². The molecule has 2 rings (SSSR count). The van der Waals surface area contributed by atoms with Crippen molar-refractivity contribution >= 4 is 16.8 Å². The van der Waals surface area contributed by atoms with E-state index in [1.54, 1.807) is 0 Å². The van der Waals surface area contributed by atoms with Crippen molar-refractivity contribution in [2.75, 3.05) is 13.2 Å². The van der Waals surface area contributed by atoms with E-state index in [4.69, 9.17) is 10.5 Å². The monoisotopic (exact) mass is 227 g/mol. The highest BCUT2D eigenvalue weighted by Gasteiger charge is 2.05. The van der Waals surface area contributed by atoms with Crippen molar-refractivity contribution in [3.8, 4) is 5.75 Å². The molecular weight excluding hydrogens is 210 g/mol. The molecule has 0 aliphatic heterocycles. The molecule has 88 valence electrons. The quantitative estimate of drug-likeness (QED) is 0.870. The van der Waals surface area contributed by atoms with E-state index < -0.39 is 0 Å². The van der Waals surface area contributed by atoms with Crippen molar-refractivity contribution in [3.63, 3.8) is 0 Å². The lowest BCUT2D eigenvalue weighted by molar-refractivity contribution is 0.340. The van der Waals surface area contributed by atoms with Gasteiger partial charge < -0.3 is 10.5 Å². The first kappa shape index (κ1) is 11.7. The SMILES string of the molecule is CCOc1ccc2ccccc2c1C=CCN. The second-order valence-electron chi connectivity index (χ2n) is 3.77. The van der Waals surface area contributed by atoms with Gasteiger partial charge in [-0.15, -0.1) is 0 Å². The lowest BCUT2D eigenvalue weighted by Crippen LogP contribution is -1.96. The summed E-state index contributed by atoms with van der Waals surface area (Å²) in [6, 6.07) is 12.4. The number of rotatable bonds is 4. The van der Waals surface area contributed by atoms with E-state index in [1.165, 1.54) is 10.8 Å². The van der Waals surface area contributed by atoms with Crippen LogP contribution in [-0.4, -0.2) is 13.2 Å². The lowest BCUT2D eigenvalue weighted by atomic mass is 10.0. The summed E-state index contributed by atoms with van der Waals surface area (Å²) in [7, 11) is 0. The Morgan fingerprint density at radius 2 is 2.00 bits per heavy atom. The van der Waals surface area contributed by atoms with Crippen molar-refractivity contribution in [1.82, 2.24) is 0 Å². The summed E-state index contributed by atoms with van der Waals surface area (Å²) in [6.45, 7) is 3.20. The van der Waals surface area contributed by atoms with Crippen molar-refractivity contribution in [3.05, 3.63) is 48.0 Å². The molecule has 0 radical (unpaired) electrons. The number of nitrogens with two attached hydrogens (primary N) is 1. The van der Waals surface area contributed by atoms with E-state index in [1.807, 2.05) is 37.3 Å². The van der Waals surface area contributed by atoms with E-state index in [9.17, 15) is 0 Å². The molecule has 0 heterocycles. The van der Waals surface area contributed by atoms with Gasteiger partial charge in [0.1, 0.15) is 5.75 Å². The Morgan fingerprint density at radius 1 is 1.18 bits per heavy atom. The van der Waals surface area contributed by atoms with Gasteiger partial charge in [0.05, 0.1) is 6.61 Å². The maximum Gasteiger partial charge on any atom is 0.127 e. The van der Waals surface area contributed by atoms with Crippen LogP contribution in [0.1, 0.15) is 12.5 Å². The Bertz CT molecular complexity index is 531. The van der Waals surface area contributed by atoms with E-state index in [2.05, 4.69) is 18.2 Å². The topological polar surface area (TPSA) is 35.2 Å². The Labute approximate surface area is 102 Å². The summed E-state index contributed by atoms with van der Waals surface area (Å²) < 4.78 is 5.65. The summed E-state index contributed by atoms with van der Waals surface area (Å²) >= 11 is 0. The lowest BCUT2D eigenvalue weighted by Gasteiger charge is -2.10. The molecule has 0 amide bonds. The van der Waals surface area contributed by atoms with Gasteiger partial charge in [-0.2, -0.15) is 0 Å². The minimum absolute atomic E-state index is 0.536. The van der Waals surface area contributed by atoms with E-state index in [0.717, 1.165) is 11.3 Å². The third-order valence-corrected chi connectivity index (χ3v) is 2.65. The molecule has 2 aromatic rings. The van der Waals surface area contributed by atoms with Gasteiger partial charge in [-0.25, -0.2) is 0 Å². The summed E-state index contributed by atoms with van der Waals surface area (Å²) in [5.41, 5.74) is 6.62. The number of fused-ring (bicyclic) bond motifs is 1. The fraction of sp³-hybridized carbons (Fsp3) is 0.200. The molecule has 0 saturated heterocycles. The Hall–Kier alpha value is -1.80. The normalized spacial score (nSPS) is 11.2. The van der Waals surface area contributed by atoms with Crippen LogP contribution in [0.2, 0.25) is 0 Å². The number of hydrogen-bond acceptors (Lipinski definition) is 2. The second-order valence-corrected chi connectivity index (χ2v) is 3.77. The van der Waals surface area contributed by atoms with E-state index in [0.29, 0.717) is 13.2 Å². The molecular formula is C15H17NO. The van der Waals surface area contributed by atoms with Crippen molar-refractivity contribution in [1.29, 1.82) is 0 Å². The summed E-state index contributed by atoms with van der Waals surface area (Å²) in [4.78, 5) is 0. The van der Waals surface area contributed by atoms with Crippen LogP contribution in [0.3, 0.4) is 0 Å². The van der Waals surface area contributed by atoms with Gasteiger partial charge in [-0.05, 0) is 23.8 Å². The van der Waals surface area contributed by atoms with Gasteiger partial charge in [-0.1, -0.05) is 42.5 Å². The van der Waals surface area contributed by atoms with Crippen molar-refractivity contribution in [2.45, 2.75) is 6.92 Å². The Kier molecular flexibility index (Phi) is 3.78. The van der Waals surface area contributed by atoms with Crippen LogP contribution in [-0.2, 0) is 0 Å². The maximum atomic E-state index is 5.65. The molecule has 0 aliphatic rings. The first-order chi connectivity index (χ1) is 8.36. The predicted molar refractivity (Wildman–Crippen MR) is 73.2 cm³/mol. The molecule has 0 bridgehead atoms. The first-order valence-corrected chi connectivity index (χ1v) is 5.88. The highest BCUT2D eigenvalue weighted by atomic mass is 16.5. The minimum Gasteiger partial charge on any atom is -0.493 e. The zero-order valence-electron chi connectivity index (χ0n) is 10.0. The minimum atomic E-state index is 0.536. The van der Waals surface area contributed by atoms with Crippen LogP contribution in [0, 0.1) is 0 Å². The van der Waals surface area contributed by atoms with Gasteiger partial charge in [-0.3, -0.25) is 0 Å². The van der Waals surface area contributed by atoms with Crippen molar-refractivity contribution in [2.24, 2.45) is 5.73 Å². The molecule has 0 unspecified atom stereocenters. The average Bonchev–Trinajstić information content (AvgIpc) is 2.37. The molecule has 2 heteroatoms. The van der Waals surface area contributed by atoms with Crippen LogP contribution in [0.15, 0.2) is 42.5 Å².